The maximum absolute atomic E-state index is 6.03. The van der Waals surface area contributed by atoms with Gasteiger partial charge >= 0.3 is 0 Å². The summed E-state index contributed by atoms with van der Waals surface area (Å²) in [4.78, 5) is 10.9. The van der Waals surface area contributed by atoms with Crippen LogP contribution in [0.25, 0.3) is 11.5 Å². The number of hydrogen-bond acceptors (Lipinski definition) is 6. The zero-order valence-electron chi connectivity index (χ0n) is 10.9. The van der Waals surface area contributed by atoms with E-state index in [1.807, 2.05) is 12.1 Å². The van der Waals surface area contributed by atoms with Gasteiger partial charge in [0.25, 0.3) is 5.89 Å². The molecule has 1 aliphatic heterocycles. The first-order chi connectivity index (χ1) is 9.24. The zero-order valence-corrected chi connectivity index (χ0v) is 10.9. The molecule has 1 unspecified atom stereocenters. The molecule has 100 valence electrons. The van der Waals surface area contributed by atoms with Crippen molar-refractivity contribution >= 4 is 5.82 Å². The summed E-state index contributed by atoms with van der Waals surface area (Å²) in [6, 6.07) is 4.03. The van der Waals surface area contributed by atoms with Gasteiger partial charge in [0.15, 0.2) is 5.82 Å². The Bertz CT molecular complexity index is 568. The average molecular weight is 259 g/mol. The van der Waals surface area contributed by atoms with E-state index >= 15 is 0 Å². The van der Waals surface area contributed by atoms with Gasteiger partial charge in [0.1, 0.15) is 5.82 Å². The summed E-state index contributed by atoms with van der Waals surface area (Å²) >= 11 is 0. The number of pyridine rings is 1. The molecule has 1 saturated heterocycles. The molecule has 0 radical (unpaired) electrons. The van der Waals surface area contributed by atoms with Crippen LogP contribution in [0.15, 0.2) is 22.9 Å². The lowest BCUT2D eigenvalue weighted by Gasteiger charge is -2.32. The Kier molecular flexibility index (Phi) is 3.16. The molecule has 2 N–H and O–H groups in total. The molecule has 1 atom stereocenters. The van der Waals surface area contributed by atoms with Crippen molar-refractivity contribution in [2.45, 2.75) is 25.8 Å². The molecule has 0 saturated carbocycles. The van der Waals surface area contributed by atoms with Crippen molar-refractivity contribution in [3.05, 3.63) is 24.2 Å². The van der Waals surface area contributed by atoms with E-state index in [0.29, 0.717) is 11.7 Å². The van der Waals surface area contributed by atoms with Crippen molar-refractivity contribution in [2.24, 2.45) is 5.73 Å². The normalized spacial score (nSPS) is 19.7. The molecular weight excluding hydrogens is 242 g/mol. The number of aryl methyl sites for hydroxylation is 1. The molecule has 0 spiro atoms. The van der Waals surface area contributed by atoms with Crippen molar-refractivity contribution < 1.29 is 4.52 Å². The summed E-state index contributed by atoms with van der Waals surface area (Å²) in [5.41, 5.74) is 6.91. The number of aromatic nitrogens is 3. The Morgan fingerprint density at radius 2 is 2.37 bits per heavy atom. The van der Waals surface area contributed by atoms with E-state index in [1.54, 1.807) is 13.1 Å². The van der Waals surface area contributed by atoms with Crippen LogP contribution in [0.2, 0.25) is 0 Å². The quantitative estimate of drug-likeness (QED) is 0.877. The maximum atomic E-state index is 6.03. The van der Waals surface area contributed by atoms with Gasteiger partial charge in [0.2, 0.25) is 0 Å². The molecule has 0 amide bonds. The van der Waals surface area contributed by atoms with Crippen LogP contribution in [0.5, 0.6) is 0 Å². The van der Waals surface area contributed by atoms with Crippen LogP contribution in [-0.4, -0.2) is 34.3 Å². The van der Waals surface area contributed by atoms with Crippen LogP contribution < -0.4 is 10.6 Å². The number of hydrogen-bond donors (Lipinski definition) is 1. The van der Waals surface area contributed by atoms with Gasteiger partial charge in [0.05, 0.1) is 5.56 Å². The Morgan fingerprint density at radius 1 is 1.47 bits per heavy atom. The van der Waals surface area contributed by atoms with E-state index in [2.05, 4.69) is 20.0 Å². The second kappa shape index (κ2) is 4.97. The molecular formula is C13H17N5O. The second-order valence-corrected chi connectivity index (χ2v) is 4.87. The minimum absolute atomic E-state index is 0.202. The smallest absolute Gasteiger partial charge is 0.261 e. The predicted octanol–water partition coefficient (Wildman–Crippen LogP) is 1.37. The van der Waals surface area contributed by atoms with Gasteiger partial charge in [-0.2, -0.15) is 4.98 Å². The summed E-state index contributed by atoms with van der Waals surface area (Å²) in [5.74, 6) is 2.01. The molecule has 19 heavy (non-hydrogen) atoms. The molecule has 0 bridgehead atoms. The van der Waals surface area contributed by atoms with Crippen molar-refractivity contribution in [3.8, 4) is 11.5 Å². The zero-order chi connectivity index (χ0) is 13.2. The third kappa shape index (κ3) is 2.44. The van der Waals surface area contributed by atoms with E-state index in [9.17, 15) is 0 Å². The lowest BCUT2D eigenvalue weighted by molar-refractivity contribution is 0.425. The van der Waals surface area contributed by atoms with E-state index < -0.39 is 0 Å². The van der Waals surface area contributed by atoms with Gasteiger partial charge in [-0.15, -0.1) is 0 Å². The van der Waals surface area contributed by atoms with Gasteiger partial charge in [0, 0.05) is 25.3 Å². The first-order valence-corrected chi connectivity index (χ1v) is 6.50. The number of rotatable bonds is 2. The van der Waals surface area contributed by atoms with Crippen LogP contribution in [0.3, 0.4) is 0 Å². The van der Waals surface area contributed by atoms with Crippen LogP contribution in [0.1, 0.15) is 18.7 Å². The summed E-state index contributed by atoms with van der Waals surface area (Å²) in [6.07, 6.45) is 3.93. The van der Waals surface area contributed by atoms with Crippen molar-refractivity contribution in [2.75, 3.05) is 18.0 Å². The van der Waals surface area contributed by atoms with Crippen molar-refractivity contribution in [3.63, 3.8) is 0 Å². The lowest BCUT2D eigenvalue weighted by atomic mass is 10.1. The highest BCUT2D eigenvalue weighted by Crippen LogP contribution is 2.29. The SMILES string of the molecule is Cc1noc(-c2cccnc2N2CCCC(N)C2)n1. The van der Waals surface area contributed by atoms with Gasteiger partial charge in [-0.05, 0) is 31.9 Å². The lowest BCUT2D eigenvalue weighted by Crippen LogP contribution is -2.43. The highest BCUT2D eigenvalue weighted by atomic mass is 16.5. The minimum Gasteiger partial charge on any atom is -0.354 e. The van der Waals surface area contributed by atoms with Gasteiger partial charge < -0.3 is 15.2 Å². The third-order valence-corrected chi connectivity index (χ3v) is 3.30. The molecule has 6 nitrogen and oxygen atoms in total. The summed E-state index contributed by atoms with van der Waals surface area (Å²) < 4.78 is 5.25. The first-order valence-electron chi connectivity index (χ1n) is 6.50. The van der Waals surface area contributed by atoms with Crippen molar-refractivity contribution in [1.82, 2.24) is 15.1 Å². The summed E-state index contributed by atoms with van der Waals surface area (Å²) in [7, 11) is 0. The topological polar surface area (TPSA) is 81.1 Å². The first kappa shape index (κ1) is 12.1. The van der Waals surface area contributed by atoms with E-state index in [-0.39, 0.29) is 6.04 Å². The van der Waals surface area contributed by atoms with Crippen LogP contribution in [0.4, 0.5) is 5.82 Å². The minimum atomic E-state index is 0.202. The van der Waals surface area contributed by atoms with E-state index in [0.717, 1.165) is 37.3 Å². The third-order valence-electron chi connectivity index (χ3n) is 3.30. The Hall–Kier alpha value is -1.95. The highest BCUT2D eigenvalue weighted by Gasteiger charge is 2.22. The number of nitrogens with two attached hydrogens (primary N) is 1. The molecule has 0 aliphatic carbocycles. The molecule has 2 aromatic heterocycles. The van der Waals surface area contributed by atoms with E-state index in [1.165, 1.54) is 0 Å². The molecule has 2 aromatic rings. The average Bonchev–Trinajstić information content (AvgIpc) is 2.85. The van der Waals surface area contributed by atoms with Crippen LogP contribution in [-0.2, 0) is 0 Å². The van der Waals surface area contributed by atoms with Gasteiger partial charge in [-0.3, -0.25) is 0 Å². The fourth-order valence-electron chi connectivity index (χ4n) is 2.42. The Morgan fingerprint density at radius 3 is 3.11 bits per heavy atom. The Balaban J connectivity index is 1.97. The number of nitrogens with zero attached hydrogens (tertiary/aromatic N) is 4. The standard InChI is InChI=1S/C13H17N5O/c1-9-16-13(19-17-9)11-5-2-6-15-12(11)18-7-3-4-10(14)8-18/h2,5-6,10H,3-4,7-8,14H2,1H3. The monoisotopic (exact) mass is 259 g/mol. The largest absolute Gasteiger partial charge is 0.354 e. The molecule has 1 fully saturated rings. The van der Waals surface area contributed by atoms with Crippen LogP contribution in [0, 0.1) is 6.92 Å². The summed E-state index contributed by atoms with van der Waals surface area (Å²) in [6.45, 7) is 3.59. The maximum Gasteiger partial charge on any atom is 0.261 e. The molecule has 0 aromatic carbocycles. The number of anilines is 1. The summed E-state index contributed by atoms with van der Waals surface area (Å²) in [5, 5.41) is 3.84. The van der Waals surface area contributed by atoms with E-state index in [4.69, 9.17) is 10.3 Å². The van der Waals surface area contributed by atoms with Gasteiger partial charge in [-0.25, -0.2) is 4.98 Å². The fourth-order valence-corrected chi connectivity index (χ4v) is 2.42. The molecule has 3 rings (SSSR count). The molecule has 6 heteroatoms. The number of piperidine rings is 1. The predicted molar refractivity (Wildman–Crippen MR) is 71.7 cm³/mol. The second-order valence-electron chi connectivity index (χ2n) is 4.87. The van der Waals surface area contributed by atoms with Gasteiger partial charge in [-0.1, -0.05) is 5.16 Å². The fraction of sp³-hybridized carbons (Fsp3) is 0.462. The molecule has 1 aliphatic rings. The van der Waals surface area contributed by atoms with Crippen molar-refractivity contribution in [1.29, 1.82) is 0 Å². The Labute approximate surface area is 111 Å². The molecule has 3 heterocycles. The van der Waals surface area contributed by atoms with Crippen LogP contribution >= 0.6 is 0 Å². The highest BCUT2D eigenvalue weighted by molar-refractivity contribution is 5.69.